The first-order chi connectivity index (χ1) is 11.1. The maximum absolute atomic E-state index is 12.6. The average molecular weight is 321 g/mol. The zero-order valence-electron chi connectivity index (χ0n) is 13.1. The maximum atomic E-state index is 12.6. The quantitative estimate of drug-likeness (QED) is 0.698. The Morgan fingerprint density at radius 3 is 2.70 bits per heavy atom. The van der Waals surface area contributed by atoms with Crippen molar-refractivity contribution in [1.29, 1.82) is 0 Å². The van der Waals surface area contributed by atoms with Gasteiger partial charge in [0.05, 0.1) is 19.2 Å². The van der Waals surface area contributed by atoms with Crippen LogP contribution in [-0.4, -0.2) is 79.1 Å². The molecule has 1 fully saturated rings. The van der Waals surface area contributed by atoms with Crippen LogP contribution in [-0.2, 0) is 19.1 Å². The van der Waals surface area contributed by atoms with E-state index < -0.39 is 12.0 Å². The highest BCUT2D eigenvalue weighted by Gasteiger charge is 2.37. The van der Waals surface area contributed by atoms with Crippen LogP contribution in [0.5, 0.6) is 0 Å². The molecule has 0 aliphatic carbocycles. The van der Waals surface area contributed by atoms with Crippen molar-refractivity contribution in [2.45, 2.75) is 6.04 Å². The molecule has 8 heteroatoms. The van der Waals surface area contributed by atoms with E-state index in [1.165, 1.54) is 30.2 Å². The molecule has 1 aromatic heterocycles. The van der Waals surface area contributed by atoms with Gasteiger partial charge in [-0.1, -0.05) is 0 Å². The van der Waals surface area contributed by atoms with Gasteiger partial charge in [0, 0.05) is 32.6 Å². The van der Waals surface area contributed by atoms with Crippen molar-refractivity contribution >= 4 is 17.8 Å². The topological polar surface area (TPSA) is 89.0 Å². The standard InChI is InChI=1S/C15H19N3O5/c1-22-10-13(19)17-6-7-18(12(9-17)15(21)23-2)14(20)11-4-3-5-16-8-11/h3-5,8,12H,6-7,9-10H2,1-2H3. The number of aromatic nitrogens is 1. The maximum Gasteiger partial charge on any atom is 0.330 e. The van der Waals surface area contributed by atoms with Gasteiger partial charge in [-0.05, 0) is 12.1 Å². The van der Waals surface area contributed by atoms with Gasteiger partial charge in [-0.3, -0.25) is 14.6 Å². The molecule has 2 amide bonds. The van der Waals surface area contributed by atoms with Crippen LogP contribution in [0.15, 0.2) is 24.5 Å². The van der Waals surface area contributed by atoms with Gasteiger partial charge >= 0.3 is 5.97 Å². The molecule has 0 aromatic carbocycles. The lowest BCUT2D eigenvalue weighted by atomic mass is 10.1. The second-order valence-corrected chi connectivity index (χ2v) is 5.05. The summed E-state index contributed by atoms with van der Waals surface area (Å²) in [5.74, 6) is -1.10. The summed E-state index contributed by atoms with van der Waals surface area (Å²) in [5.41, 5.74) is 0.387. The van der Waals surface area contributed by atoms with Crippen LogP contribution in [0.3, 0.4) is 0 Å². The average Bonchev–Trinajstić information content (AvgIpc) is 2.60. The van der Waals surface area contributed by atoms with Gasteiger partial charge in [0.1, 0.15) is 12.6 Å². The largest absolute Gasteiger partial charge is 0.467 e. The zero-order chi connectivity index (χ0) is 16.8. The van der Waals surface area contributed by atoms with Crippen LogP contribution in [0.25, 0.3) is 0 Å². The van der Waals surface area contributed by atoms with Gasteiger partial charge in [0.2, 0.25) is 5.91 Å². The minimum Gasteiger partial charge on any atom is -0.467 e. The van der Waals surface area contributed by atoms with Crippen molar-refractivity contribution in [3.05, 3.63) is 30.1 Å². The van der Waals surface area contributed by atoms with Crippen molar-refractivity contribution in [2.75, 3.05) is 40.5 Å². The summed E-state index contributed by atoms with van der Waals surface area (Å²) in [4.78, 5) is 43.4. The second kappa shape index (κ2) is 7.68. The molecular weight excluding hydrogens is 302 g/mol. The summed E-state index contributed by atoms with van der Waals surface area (Å²) in [6.45, 7) is 0.593. The number of amides is 2. The molecule has 1 aliphatic heterocycles. The van der Waals surface area contributed by atoms with E-state index in [2.05, 4.69) is 4.98 Å². The molecule has 1 atom stereocenters. The van der Waals surface area contributed by atoms with Crippen LogP contribution in [0, 0.1) is 0 Å². The lowest BCUT2D eigenvalue weighted by Gasteiger charge is -2.39. The zero-order valence-corrected chi connectivity index (χ0v) is 13.1. The molecule has 0 bridgehead atoms. The smallest absolute Gasteiger partial charge is 0.330 e. The first-order valence-corrected chi connectivity index (χ1v) is 7.14. The van der Waals surface area contributed by atoms with Crippen molar-refractivity contribution < 1.29 is 23.9 Å². The van der Waals surface area contributed by atoms with Gasteiger partial charge < -0.3 is 19.3 Å². The molecule has 0 N–H and O–H groups in total. The summed E-state index contributed by atoms with van der Waals surface area (Å²) in [7, 11) is 2.68. The number of hydrogen-bond donors (Lipinski definition) is 0. The number of esters is 1. The summed E-state index contributed by atoms with van der Waals surface area (Å²) in [6, 6.07) is 2.44. The number of rotatable bonds is 4. The molecule has 124 valence electrons. The number of pyridine rings is 1. The van der Waals surface area contributed by atoms with Crippen LogP contribution < -0.4 is 0 Å². The van der Waals surface area contributed by atoms with Crippen molar-refractivity contribution in [3.63, 3.8) is 0 Å². The Labute approximate surface area is 134 Å². The van der Waals surface area contributed by atoms with E-state index in [1.807, 2.05) is 0 Å². The molecule has 8 nitrogen and oxygen atoms in total. The van der Waals surface area contributed by atoms with Crippen LogP contribution in [0.4, 0.5) is 0 Å². The van der Waals surface area contributed by atoms with Gasteiger partial charge in [-0.2, -0.15) is 0 Å². The van der Waals surface area contributed by atoms with Crippen LogP contribution >= 0.6 is 0 Å². The molecule has 0 spiro atoms. The first-order valence-electron chi connectivity index (χ1n) is 7.14. The third-order valence-corrected chi connectivity index (χ3v) is 3.64. The summed E-state index contributed by atoms with van der Waals surface area (Å²) < 4.78 is 9.60. The third kappa shape index (κ3) is 3.84. The highest BCUT2D eigenvalue weighted by Crippen LogP contribution is 2.15. The molecule has 2 heterocycles. The molecule has 1 saturated heterocycles. The molecule has 23 heavy (non-hydrogen) atoms. The monoisotopic (exact) mass is 321 g/mol. The van der Waals surface area contributed by atoms with E-state index in [0.29, 0.717) is 12.1 Å². The fraction of sp³-hybridized carbons (Fsp3) is 0.467. The minimum absolute atomic E-state index is 0.0650. The molecular formula is C15H19N3O5. The van der Waals surface area contributed by atoms with E-state index in [4.69, 9.17) is 9.47 Å². The fourth-order valence-electron chi connectivity index (χ4n) is 2.46. The SMILES string of the molecule is COCC(=O)N1CCN(C(=O)c2cccnc2)C(C(=O)OC)C1. The van der Waals surface area contributed by atoms with Gasteiger partial charge in [0.15, 0.2) is 0 Å². The molecule has 2 rings (SSSR count). The van der Waals surface area contributed by atoms with Gasteiger partial charge in [0.25, 0.3) is 5.91 Å². The van der Waals surface area contributed by atoms with Gasteiger partial charge in [-0.15, -0.1) is 0 Å². The number of carbonyl (C=O) groups excluding carboxylic acids is 3. The molecule has 0 saturated carbocycles. The first kappa shape index (κ1) is 16.9. The summed E-state index contributed by atoms with van der Waals surface area (Å²) in [5, 5.41) is 0. The molecule has 0 radical (unpaired) electrons. The third-order valence-electron chi connectivity index (χ3n) is 3.64. The summed E-state index contributed by atoms with van der Waals surface area (Å²) >= 11 is 0. The highest BCUT2D eigenvalue weighted by molar-refractivity contribution is 5.97. The number of nitrogens with zero attached hydrogens (tertiary/aromatic N) is 3. The van der Waals surface area contributed by atoms with Crippen molar-refractivity contribution in [3.8, 4) is 0 Å². The Hall–Kier alpha value is -2.48. The van der Waals surface area contributed by atoms with Crippen LogP contribution in [0.1, 0.15) is 10.4 Å². The second-order valence-electron chi connectivity index (χ2n) is 5.05. The lowest BCUT2D eigenvalue weighted by molar-refractivity contribution is -0.151. The van der Waals surface area contributed by atoms with E-state index in [-0.39, 0.29) is 31.5 Å². The van der Waals surface area contributed by atoms with E-state index >= 15 is 0 Å². The minimum atomic E-state index is -0.845. The lowest BCUT2D eigenvalue weighted by Crippen LogP contribution is -2.60. The fourth-order valence-corrected chi connectivity index (χ4v) is 2.46. The Morgan fingerprint density at radius 1 is 1.30 bits per heavy atom. The van der Waals surface area contributed by atoms with E-state index in [0.717, 1.165) is 0 Å². The molecule has 1 aromatic rings. The Bertz CT molecular complexity index is 578. The number of methoxy groups -OCH3 is 2. The number of ether oxygens (including phenoxy) is 2. The number of piperazine rings is 1. The van der Waals surface area contributed by atoms with E-state index in [9.17, 15) is 14.4 Å². The van der Waals surface area contributed by atoms with Gasteiger partial charge in [-0.25, -0.2) is 4.79 Å². The number of carbonyl (C=O) groups is 3. The van der Waals surface area contributed by atoms with E-state index in [1.54, 1.807) is 18.3 Å². The number of hydrogen-bond acceptors (Lipinski definition) is 6. The Morgan fingerprint density at radius 2 is 2.09 bits per heavy atom. The van der Waals surface area contributed by atoms with Crippen LogP contribution in [0.2, 0.25) is 0 Å². The van der Waals surface area contributed by atoms with Crippen molar-refractivity contribution in [2.24, 2.45) is 0 Å². The molecule has 1 unspecified atom stereocenters. The Balaban J connectivity index is 2.18. The predicted molar refractivity (Wildman–Crippen MR) is 79.5 cm³/mol. The Kier molecular flexibility index (Phi) is 5.64. The highest BCUT2D eigenvalue weighted by atomic mass is 16.5. The normalized spacial score (nSPS) is 17.7. The summed E-state index contributed by atoms with van der Waals surface area (Å²) in [6.07, 6.45) is 3.01. The predicted octanol–water partition coefficient (Wildman–Crippen LogP) is -0.446. The van der Waals surface area contributed by atoms with Crippen molar-refractivity contribution in [1.82, 2.24) is 14.8 Å². The molecule has 1 aliphatic rings.